The third kappa shape index (κ3) is 5.53. The molecule has 1 atom stereocenters. The Labute approximate surface area is 179 Å². The largest absolute Gasteiger partial charge is 0.394 e. The van der Waals surface area contributed by atoms with Crippen LogP contribution in [0.2, 0.25) is 0 Å². The molecule has 9 nitrogen and oxygen atoms in total. The molecular formula is C22H24N2O7. The summed E-state index contributed by atoms with van der Waals surface area (Å²) >= 11 is 0. The zero-order valence-corrected chi connectivity index (χ0v) is 16.8. The minimum atomic E-state index is -1.05. The van der Waals surface area contributed by atoms with Gasteiger partial charge in [0.2, 0.25) is 11.8 Å². The van der Waals surface area contributed by atoms with Gasteiger partial charge in [-0.05, 0) is 5.56 Å². The van der Waals surface area contributed by atoms with Crippen molar-refractivity contribution in [1.82, 2.24) is 9.80 Å². The molecular weight excluding hydrogens is 404 g/mol. The molecule has 0 aromatic heterocycles. The number of aliphatic hydroxyl groups excluding tert-OH is 2. The van der Waals surface area contributed by atoms with Crippen LogP contribution in [0.4, 0.5) is 4.79 Å². The lowest BCUT2D eigenvalue weighted by Gasteiger charge is -2.37. The first-order chi connectivity index (χ1) is 15.0. The van der Waals surface area contributed by atoms with Crippen molar-refractivity contribution in [2.24, 2.45) is 0 Å². The zero-order chi connectivity index (χ0) is 22.2. The van der Waals surface area contributed by atoms with Crippen molar-refractivity contribution in [3.05, 3.63) is 71.8 Å². The number of carbonyl (C=O) groups excluding carboxylic acids is 3. The molecule has 1 saturated heterocycles. The van der Waals surface area contributed by atoms with E-state index in [9.17, 15) is 14.4 Å². The molecule has 3 rings (SSSR count). The molecule has 0 bridgehead atoms. The van der Waals surface area contributed by atoms with Gasteiger partial charge in [0.25, 0.3) is 0 Å². The summed E-state index contributed by atoms with van der Waals surface area (Å²) in [7, 11) is 0. The van der Waals surface area contributed by atoms with Crippen molar-refractivity contribution in [1.29, 1.82) is 0 Å². The monoisotopic (exact) mass is 428 g/mol. The number of hydrogen-bond acceptors (Lipinski definition) is 7. The van der Waals surface area contributed by atoms with Crippen LogP contribution in [0, 0.1) is 0 Å². The van der Waals surface area contributed by atoms with E-state index in [1.54, 1.807) is 30.3 Å². The molecule has 9 heteroatoms. The van der Waals surface area contributed by atoms with Crippen LogP contribution < -0.4 is 0 Å². The lowest BCUT2D eigenvalue weighted by atomic mass is 10.1. The van der Waals surface area contributed by atoms with Gasteiger partial charge in [-0.1, -0.05) is 60.7 Å². The summed E-state index contributed by atoms with van der Waals surface area (Å²) in [6.45, 7) is -1.34. The summed E-state index contributed by atoms with van der Waals surface area (Å²) in [5.74, 6) is -1.41. The van der Waals surface area contributed by atoms with Gasteiger partial charge in [0, 0.05) is 5.56 Å². The van der Waals surface area contributed by atoms with E-state index in [1.165, 1.54) is 0 Å². The smallest absolute Gasteiger partial charge is 0.337 e. The molecule has 2 aromatic rings. The van der Waals surface area contributed by atoms with E-state index >= 15 is 0 Å². The third-order valence-electron chi connectivity index (χ3n) is 4.73. The standard InChI is InChI=1S/C22H24N2O7/c25-12-18(13-26)31-15-23-19(27)11-20(28)24(22(23)29)21(17-9-5-2-6-10-17)30-14-16-7-3-1-4-8-16/h1-10,18,21,25-26H,11-15H2. The average molecular weight is 428 g/mol. The second-order valence-electron chi connectivity index (χ2n) is 6.89. The summed E-state index contributed by atoms with van der Waals surface area (Å²) in [5, 5.41) is 18.3. The van der Waals surface area contributed by atoms with Gasteiger partial charge in [-0.3, -0.25) is 9.59 Å². The third-order valence-corrected chi connectivity index (χ3v) is 4.73. The van der Waals surface area contributed by atoms with Crippen molar-refractivity contribution in [2.75, 3.05) is 19.9 Å². The summed E-state index contributed by atoms with van der Waals surface area (Å²) in [4.78, 5) is 39.7. The number of rotatable bonds is 10. The van der Waals surface area contributed by atoms with E-state index < -0.39 is 56.5 Å². The van der Waals surface area contributed by atoms with Crippen molar-refractivity contribution in [3.63, 3.8) is 0 Å². The molecule has 1 aliphatic rings. The van der Waals surface area contributed by atoms with Crippen LogP contribution >= 0.6 is 0 Å². The number of amides is 4. The summed E-state index contributed by atoms with van der Waals surface area (Å²) in [6.07, 6.45) is -2.54. The number of benzene rings is 2. The SMILES string of the molecule is O=C1CC(=O)N(C(OCc2ccccc2)c2ccccc2)C(=O)N1COC(CO)CO. The Morgan fingerprint density at radius 3 is 2.06 bits per heavy atom. The number of aliphatic hydroxyl groups is 2. The van der Waals surface area contributed by atoms with Gasteiger partial charge in [0.1, 0.15) is 19.3 Å². The predicted octanol–water partition coefficient (Wildman–Crippen LogP) is 1.41. The van der Waals surface area contributed by atoms with Crippen LogP contribution in [0.5, 0.6) is 0 Å². The number of nitrogens with zero attached hydrogens (tertiary/aromatic N) is 2. The van der Waals surface area contributed by atoms with Crippen LogP contribution in [-0.2, 0) is 25.7 Å². The Morgan fingerprint density at radius 2 is 1.45 bits per heavy atom. The van der Waals surface area contributed by atoms with Crippen molar-refractivity contribution < 1.29 is 34.1 Å². The topological polar surface area (TPSA) is 117 Å². The minimum Gasteiger partial charge on any atom is -0.394 e. The molecule has 2 aromatic carbocycles. The van der Waals surface area contributed by atoms with Crippen LogP contribution in [0.3, 0.4) is 0 Å². The first-order valence-electron chi connectivity index (χ1n) is 9.75. The molecule has 1 aliphatic heterocycles. The van der Waals surface area contributed by atoms with E-state index in [-0.39, 0.29) is 6.61 Å². The molecule has 0 aliphatic carbocycles. The summed E-state index contributed by atoms with van der Waals surface area (Å²) < 4.78 is 11.2. The Morgan fingerprint density at radius 1 is 0.839 bits per heavy atom. The van der Waals surface area contributed by atoms with Crippen LogP contribution in [0.1, 0.15) is 23.8 Å². The van der Waals surface area contributed by atoms with Gasteiger partial charge >= 0.3 is 6.03 Å². The Bertz CT molecular complexity index is 887. The highest BCUT2D eigenvalue weighted by Crippen LogP contribution is 2.28. The first-order valence-corrected chi connectivity index (χ1v) is 9.75. The lowest BCUT2D eigenvalue weighted by molar-refractivity contribution is -0.158. The van der Waals surface area contributed by atoms with Gasteiger partial charge in [0.05, 0.1) is 19.8 Å². The van der Waals surface area contributed by atoms with E-state index in [0.717, 1.165) is 15.4 Å². The molecule has 0 radical (unpaired) electrons. The zero-order valence-electron chi connectivity index (χ0n) is 16.8. The second-order valence-corrected chi connectivity index (χ2v) is 6.89. The van der Waals surface area contributed by atoms with E-state index in [1.807, 2.05) is 30.3 Å². The van der Waals surface area contributed by atoms with Crippen molar-refractivity contribution in [3.8, 4) is 0 Å². The molecule has 0 saturated carbocycles. The highest BCUT2D eigenvalue weighted by molar-refractivity contribution is 6.14. The maximum absolute atomic E-state index is 13.1. The fraction of sp³-hybridized carbons (Fsp3) is 0.318. The molecule has 1 fully saturated rings. The van der Waals surface area contributed by atoms with Crippen molar-refractivity contribution >= 4 is 17.8 Å². The molecule has 164 valence electrons. The van der Waals surface area contributed by atoms with Gasteiger partial charge in [-0.2, -0.15) is 0 Å². The quantitative estimate of drug-likeness (QED) is 0.550. The molecule has 1 heterocycles. The number of hydrogen-bond donors (Lipinski definition) is 2. The van der Waals surface area contributed by atoms with Crippen LogP contribution in [0.25, 0.3) is 0 Å². The van der Waals surface area contributed by atoms with Crippen molar-refractivity contribution in [2.45, 2.75) is 25.4 Å². The second kappa shape index (κ2) is 10.8. The Hall–Kier alpha value is -3.11. The summed E-state index contributed by atoms with van der Waals surface area (Å²) in [5.41, 5.74) is 1.42. The Balaban J connectivity index is 1.84. The highest BCUT2D eigenvalue weighted by atomic mass is 16.5. The molecule has 2 N–H and O–H groups in total. The highest BCUT2D eigenvalue weighted by Gasteiger charge is 2.43. The van der Waals surface area contributed by atoms with Gasteiger partial charge in [0.15, 0.2) is 6.23 Å². The fourth-order valence-electron chi connectivity index (χ4n) is 3.04. The molecule has 4 amide bonds. The van der Waals surface area contributed by atoms with Crippen LogP contribution in [-0.4, -0.2) is 63.9 Å². The number of barbiturate groups is 1. The molecule has 31 heavy (non-hydrogen) atoms. The maximum atomic E-state index is 13.1. The maximum Gasteiger partial charge on any atom is 0.337 e. The normalized spacial score (nSPS) is 15.6. The molecule has 1 unspecified atom stereocenters. The van der Waals surface area contributed by atoms with Gasteiger partial charge < -0.3 is 19.7 Å². The van der Waals surface area contributed by atoms with Crippen LogP contribution in [0.15, 0.2) is 60.7 Å². The molecule has 0 spiro atoms. The van der Waals surface area contributed by atoms with E-state index in [4.69, 9.17) is 19.7 Å². The average Bonchev–Trinajstić information content (AvgIpc) is 2.79. The van der Waals surface area contributed by atoms with Gasteiger partial charge in [-0.15, -0.1) is 0 Å². The summed E-state index contributed by atoms with van der Waals surface area (Å²) in [6, 6.07) is 17.1. The number of urea groups is 1. The number of ether oxygens (including phenoxy) is 2. The minimum absolute atomic E-state index is 0.138. The fourth-order valence-corrected chi connectivity index (χ4v) is 3.04. The van der Waals surface area contributed by atoms with E-state index in [2.05, 4.69) is 0 Å². The predicted molar refractivity (Wildman–Crippen MR) is 108 cm³/mol. The lowest BCUT2D eigenvalue weighted by Crippen LogP contribution is -2.57. The first kappa shape index (κ1) is 22.6. The Kier molecular flexibility index (Phi) is 7.85. The van der Waals surface area contributed by atoms with Gasteiger partial charge in [-0.25, -0.2) is 14.6 Å². The number of carbonyl (C=O) groups is 3. The van der Waals surface area contributed by atoms with E-state index in [0.29, 0.717) is 5.56 Å². The number of imide groups is 2.